The van der Waals surface area contributed by atoms with Gasteiger partial charge in [0.05, 0.1) is 7.11 Å². The van der Waals surface area contributed by atoms with Crippen LogP contribution < -0.4 is 0 Å². The first-order valence-corrected chi connectivity index (χ1v) is 6.77. The van der Waals surface area contributed by atoms with Crippen LogP contribution in [-0.4, -0.2) is 25.7 Å². The highest BCUT2D eigenvalue weighted by Crippen LogP contribution is 2.21. The molecule has 0 saturated heterocycles. The summed E-state index contributed by atoms with van der Waals surface area (Å²) in [6.07, 6.45) is 1.80. The first-order valence-electron chi connectivity index (χ1n) is 5.98. The Morgan fingerprint density at radius 2 is 1.95 bits per heavy atom. The second kappa shape index (κ2) is 7.24. The normalized spacial score (nSPS) is 14.2. The summed E-state index contributed by atoms with van der Waals surface area (Å²) in [5.41, 5.74) is 1.38. The Hall–Kier alpha value is -1.42. The van der Waals surface area contributed by atoms with Crippen LogP contribution in [0.15, 0.2) is 45.6 Å². The molecule has 1 unspecified atom stereocenters. The lowest BCUT2D eigenvalue weighted by Crippen LogP contribution is -2.25. The van der Waals surface area contributed by atoms with Gasteiger partial charge in [0.25, 0.3) is 0 Å². The monoisotopic (exact) mass is 323 g/mol. The van der Waals surface area contributed by atoms with Crippen molar-refractivity contribution in [2.24, 2.45) is 10.9 Å². The Labute approximate surface area is 122 Å². The number of halogens is 1. The van der Waals surface area contributed by atoms with Gasteiger partial charge < -0.3 is 4.74 Å². The summed E-state index contributed by atoms with van der Waals surface area (Å²) in [7, 11) is 3.25. The number of ether oxygens (including phenoxy) is 1. The molecule has 4 heteroatoms. The van der Waals surface area contributed by atoms with Crippen LogP contribution in [0.2, 0.25) is 0 Å². The molecule has 0 amide bonds. The summed E-state index contributed by atoms with van der Waals surface area (Å²) in [5, 5.41) is 0. The van der Waals surface area contributed by atoms with E-state index in [0.29, 0.717) is 11.3 Å². The number of carbonyl (C=O) groups is 1. The van der Waals surface area contributed by atoms with E-state index >= 15 is 0 Å². The highest BCUT2D eigenvalue weighted by atomic mass is 79.9. The average Bonchev–Trinajstić information content (AvgIpc) is 2.44. The molecule has 0 aliphatic carbocycles. The molecule has 1 aromatic carbocycles. The minimum Gasteiger partial charge on any atom is -0.500 e. The summed E-state index contributed by atoms with van der Waals surface area (Å²) >= 11 is 3.36. The lowest BCUT2D eigenvalue weighted by atomic mass is 9.91. The number of methoxy groups -OCH3 is 1. The molecule has 0 aliphatic heterocycles. The molecule has 1 atom stereocenters. The number of carbonyl (C=O) groups excluding carboxylic acids is 1. The quantitative estimate of drug-likeness (QED) is 0.468. The van der Waals surface area contributed by atoms with Crippen LogP contribution in [0.4, 0.5) is 0 Å². The minimum absolute atomic E-state index is 0.00875. The Morgan fingerprint density at radius 3 is 2.37 bits per heavy atom. The van der Waals surface area contributed by atoms with Crippen LogP contribution in [0.3, 0.4) is 0 Å². The van der Waals surface area contributed by atoms with Crippen molar-refractivity contribution in [3.8, 4) is 0 Å². The number of benzene rings is 1. The fourth-order valence-electron chi connectivity index (χ4n) is 1.84. The molecular formula is C15H18BrNO2. The predicted octanol–water partition coefficient (Wildman–Crippen LogP) is 3.89. The van der Waals surface area contributed by atoms with Crippen molar-refractivity contribution < 1.29 is 9.53 Å². The molecule has 0 heterocycles. The van der Waals surface area contributed by atoms with E-state index in [1.54, 1.807) is 32.4 Å². The van der Waals surface area contributed by atoms with E-state index in [-0.39, 0.29) is 5.78 Å². The van der Waals surface area contributed by atoms with Crippen LogP contribution in [0.5, 0.6) is 0 Å². The highest BCUT2D eigenvalue weighted by molar-refractivity contribution is 9.10. The van der Waals surface area contributed by atoms with Crippen LogP contribution in [0.25, 0.3) is 0 Å². The number of aliphatic imine (C=N–C) groups is 1. The Morgan fingerprint density at radius 1 is 1.37 bits per heavy atom. The van der Waals surface area contributed by atoms with Crippen molar-refractivity contribution >= 4 is 27.4 Å². The summed E-state index contributed by atoms with van der Waals surface area (Å²) in [4.78, 5) is 16.7. The fraction of sp³-hybridized carbons (Fsp3) is 0.333. The van der Waals surface area contributed by atoms with Gasteiger partial charge in [0.15, 0.2) is 5.78 Å². The molecule has 0 radical (unpaired) electrons. The zero-order valence-electron chi connectivity index (χ0n) is 11.6. The zero-order chi connectivity index (χ0) is 14.4. The van der Waals surface area contributed by atoms with Gasteiger partial charge in [-0.3, -0.25) is 9.79 Å². The van der Waals surface area contributed by atoms with Crippen LogP contribution in [-0.2, 0) is 4.74 Å². The Balaban J connectivity index is 3.18. The summed E-state index contributed by atoms with van der Waals surface area (Å²) in [6, 6.07) is 7.30. The Bertz CT molecular complexity index is 503. The SMILES string of the molecule is C/C=C(\OC)C(C(=O)c1ccc(Br)cc1)/C(C)=N/C. The summed E-state index contributed by atoms with van der Waals surface area (Å²) in [5.74, 6) is 0.155. The largest absolute Gasteiger partial charge is 0.500 e. The van der Waals surface area contributed by atoms with E-state index < -0.39 is 5.92 Å². The lowest BCUT2D eigenvalue weighted by Gasteiger charge is -2.18. The van der Waals surface area contributed by atoms with Crippen molar-refractivity contribution in [3.05, 3.63) is 46.1 Å². The van der Waals surface area contributed by atoms with Crippen LogP contribution in [0, 0.1) is 5.92 Å². The molecular weight excluding hydrogens is 306 g/mol. The van der Waals surface area contributed by atoms with Gasteiger partial charge in [-0.05, 0) is 32.1 Å². The number of rotatable bonds is 5. The third kappa shape index (κ3) is 3.77. The maximum absolute atomic E-state index is 12.6. The first kappa shape index (κ1) is 15.6. The van der Waals surface area contributed by atoms with Crippen LogP contribution >= 0.6 is 15.9 Å². The number of allylic oxidation sites excluding steroid dienone is 2. The topological polar surface area (TPSA) is 38.7 Å². The molecule has 0 fully saturated rings. The van der Waals surface area contributed by atoms with Crippen molar-refractivity contribution in [1.82, 2.24) is 0 Å². The minimum atomic E-state index is -0.457. The second-order valence-electron chi connectivity index (χ2n) is 4.06. The molecule has 0 spiro atoms. The molecule has 0 bridgehead atoms. The average molecular weight is 324 g/mol. The number of Topliss-reactive ketones (excluding diaryl/α,β-unsaturated/α-hetero) is 1. The molecule has 1 rings (SSSR count). The van der Waals surface area contributed by atoms with Gasteiger partial charge in [0.2, 0.25) is 0 Å². The summed E-state index contributed by atoms with van der Waals surface area (Å²) in [6.45, 7) is 3.69. The van der Waals surface area contributed by atoms with Gasteiger partial charge in [0, 0.05) is 22.8 Å². The molecule has 1 aromatic rings. The maximum atomic E-state index is 12.6. The Kier molecular flexibility index (Phi) is 5.96. The van der Waals surface area contributed by atoms with E-state index in [1.165, 1.54) is 0 Å². The van der Waals surface area contributed by atoms with Gasteiger partial charge >= 0.3 is 0 Å². The van der Waals surface area contributed by atoms with E-state index in [9.17, 15) is 4.79 Å². The van der Waals surface area contributed by atoms with Gasteiger partial charge in [-0.25, -0.2) is 0 Å². The molecule has 19 heavy (non-hydrogen) atoms. The second-order valence-corrected chi connectivity index (χ2v) is 4.98. The summed E-state index contributed by atoms with van der Waals surface area (Å²) < 4.78 is 6.25. The molecule has 3 nitrogen and oxygen atoms in total. The highest BCUT2D eigenvalue weighted by Gasteiger charge is 2.27. The molecule has 102 valence electrons. The molecule has 0 aromatic heterocycles. The smallest absolute Gasteiger partial charge is 0.179 e. The fourth-order valence-corrected chi connectivity index (χ4v) is 2.10. The standard InChI is InChI=1S/C15H18BrNO2/c1-5-13(19-4)14(10(2)17-3)15(18)11-6-8-12(16)9-7-11/h5-9,14H,1-4H3/b13-5-,17-10+. The molecule has 0 N–H and O–H groups in total. The van der Waals surface area contributed by atoms with Gasteiger partial charge in [-0.15, -0.1) is 0 Å². The zero-order valence-corrected chi connectivity index (χ0v) is 13.2. The number of hydrogen-bond donors (Lipinski definition) is 0. The molecule has 0 saturated carbocycles. The predicted molar refractivity (Wildman–Crippen MR) is 81.8 cm³/mol. The van der Waals surface area contributed by atoms with Crippen LogP contribution in [0.1, 0.15) is 24.2 Å². The van der Waals surface area contributed by atoms with E-state index in [1.807, 2.05) is 26.0 Å². The van der Waals surface area contributed by atoms with E-state index in [4.69, 9.17) is 4.74 Å². The van der Waals surface area contributed by atoms with Crippen molar-refractivity contribution in [1.29, 1.82) is 0 Å². The molecule has 0 aliphatic rings. The third-order valence-corrected chi connectivity index (χ3v) is 3.49. The van der Waals surface area contributed by atoms with E-state index in [2.05, 4.69) is 20.9 Å². The van der Waals surface area contributed by atoms with Crippen molar-refractivity contribution in [2.45, 2.75) is 13.8 Å². The van der Waals surface area contributed by atoms with Gasteiger partial charge in [0.1, 0.15) is 11.7 Å². The number of hydrogen-bond acceptors (Lipinski definition) is 3. The van der Waals surface area contributed by atoms with E-state index in [0.717, 1.165) is 10.2 Å². The maximum Gasteiger partial charge on any atom is 0.179 e. The van der Waals surface area contributed by atoms with Crippen molar-refractivity contribution in [2.75, 3.05) is 14.2 Å². The van der Waals surface area contributed by atoms with Gasteiger partial charge in [-0.2, -0.15) is 0 Å². The number of ketones is 1. The van der Waals surface area contributed by atoms with Gasteiger partial charge in [-0.1, -0.05) is 28.1 Å². The third-order valence-electron chi connectivity index (χ3n) is 2.97. The first-order chi connectivity index (χ1) is 9.04. The lowest BCUT2D eigenvalue weighted by molar-refractivity contribution is 0.0938. The van der Waals surface area contributed by atoms with Crippen molar-refractivity contribution in [3.63, 3.8) is 0 Å². The number of nitrogens with zero attached hydrogens (tertiary/aromatic N) is 1.